The van der Waals surface area contributed by atoms with E-state index in [1.54, 1.807) is 16.9 Å². The largest absolute Gasteiger partial charge is 0.444 e. The third-order valence-corrected chi connectivity index (χ3v) is 4.46. The van der Waals surface area contributed by atoms with Gasteiger partial charge < -0.3 is 9.32 Å². The molecule has 0 spiro atoms. The predicted octanol–water partition coefficient (Wildman–Crippen LogP) is 2.05. The number of hydrogen-bond donors (Lipinski definition) is 0. The van der Waals surface area contributed by atoms with Crippen molar-refractivity contribution in [2.45, 2.75) is 39.2 Å². The maximum atomic E-state index is 12.5. The molecule has 25 heavy (non-hydrogen) atoms. The van der Waals surface area contributed by atoms with Crippen LogP contribution in [0.2, 0.25) is 0 Å². The lowest BCUT2D eigenvalue weighted by molar-refractivity contribution is 0.0754. The van der Waals surface area contributed by atoms with Gasteiger partial charge in [-0.1, -0.05) is 20.8 Å². The lowest BCUT2D eigenvalue weighted by Crippen LogP contribution is -2.35. The molecule has 7 nitrogen and oxygen atoms in total. The van der Waals surface area contributed by atoms with Gasteiger partial charge in [0.25, 0.3) is 5.91 Å². The molecule has 0 unspecified atom stereocenters. The molecule has 0 radical (unpaired) electrons. The fourth-order valence-electron chi connectivity index (χ4n) is 2.94. The van der Waals surface area contributed by atoms with Gasteiger partial charge in [-0.15, -0.1) is 0 Å². The van der Waals surface area contributed by atoms with E-state index in [4.69, 9.17) is 4.42 Å². The van der Waals surface area contributed by atoms with E-state index in [-0.39, 0.29) is 11.3 Å². The summed E-state index contributed by atoms with van der Waals surface area (Å²) in [4.78, 5) is 21.1. The van der Waals surface area contributed by atoms with Crippen LogP contribution < -0.4 is 0 Å². The second kappa shape index (κ2) is 7.00. The summed E-state index contributed by atoms with van der Waals surface area (Å²) in [5.41, 5.74) is 0.481. The van der Waals surface area contributed by atoms with Crippen LogP contribution in [-0.2, 0) is 19.0 Å². The van der Waals surface area contributed by atoms with Crippen LogP contribution in [0.1, 0.15) is 49.3 Å². The molecule has 1 fully saturated rings. The van der Waals surface area contributed by atoms with Crippen LogP contribution in [0.5, 0.6) is 0 Å². The Hall–Kier alpha value is -2.15. The van der Waals surface area contributed by atoms with Gasteiger partial charge in [-0.25, -0.2) is 4.98 Å². The van der Waals surface area contributed by atoms with E-state index in [1.165, 1.54) is 0 Å². The summed E-state index contributed by atoms with van der Waals surface area (Å²) in [7, 11) is 1.82. The molecule has 0 saturated carbocycles. The Bertz CT molecular complexity index is 728. The van der Waals surface area contributed by atoms with Gasteiger partial charge in [0.15, 0.2) is 0 Å². The summed E-state index contributed by atoms with van der Waals surface area (Å²) in [6, 6.07) is 1.77. The molecule has 0 aliphatic carbocycles. The molecule has 3 rings (SSSR count). The molecule has 2 aromatic rings. The maximum Gasteiger partial charge on any atom is 0.274 e. The van der Waals surface area contributed by atoms with Crippen LogP contribution in [0.4, 0.5) is 0 Å². The summed E-state index contributed by atoms with van der Waals surface area (Å²) in [6.07, 6.45) is 4.56. The Morgan fingerprint density at radius 3 is 2.68 bits per heavy atom. The van der Waals surface area contributed by atoms with Crippen molar-refractivity contribution < 1.29 is 9.21 Å². The first-order valence-corrected chi connectivity index (χ1v) is 8.79. The van der Waals surface area contributed by atoms with Gasteiger partial charge in [0, 0.05) is 44.8 Å². The second-order valence-electron chi connectivity index (χ2n) is 7.66. The number of rotatable bonds is 3. The van der Waals surface area contributed by atoms with E-state index in [1.807, 2.05) is 18.1 Å². The van der Waals surface area contributed by atoms with Crippen molar-refractivity contribution in [3.8, 4) is 0 Å². The molecule has 136 valence electrons. The quantitative estimate of drug-likeness (QED) is 0.852. The van der Waals surface area contributed by atoms with Gasteiger partial charge in [0.05, 0.1) is 12.7 Å². The number of nitrogens with zero attached hydrogens (tertiary/aromatic N) is 5. The van der Waals surface area contributed by atoms with Crippen molar-refractivity contribution >= 4 is 5.91 Å². The Morgan fingerprint density at radius 1 is 1.24 bits per heavy atom. The molecule has 0 N–H and O–H groups in total. The first-order chi connectivity index (χ1) is 11.8. The molecule has 1 amide bonds. The third kappa shape index (κ3) is 4.28. The van der Waals surface area contributed by atoms with E-state index < -0.39 is 0 Å². The molecule has 2 aromatic heterocycles. The number of carbonyl (C=O) groups is 1. The van der Waals surface area contributed by atoms with Crippen molar-refractivity contribution in [3.63, 3.8) is 0 Å². The van der Waals surface area contributed by atoms with Gasteiger partial charge in [-0.3, -0.25) is 14.4 Å². The average Bonchev–Trinajstić information content (AvgIpc) is 3.12. The second-order valence-corrected chi connectivity index (χ2v) is 7.66. The highest BCUT2D eigenvalue weighted by atomic mass is 16.4. The molecule has 3 heterocycles. The lowest BCUT2D eigenvalue weighted by atomic mass is 9.94. The highest BCUT2D eigenvalue weighted by molar-refractivity contribution is 5.92. The smallest absolute Gasteiger partial charge is 0.274 e. The van der Waals surface area contributed by atoms with E-state index in [0.29, 0.717) is 18.8 Å². The fraction of sp³-hybridized carbons (Fsp3) is 0.611. The zero-order valence-corrected chi connectivity index (χ0v) is 15.5. The summed E-state index contributed by atoms with van der Waals surface area (Å²) in [6.45, 7) is 10.2. The third-order valence-electron chi connectivity index (χ3n) is 4.46. The zero-order chi connectivity index (χ0) is 18.0. The van der Waals surface area contributed by atoms with E-state index in [0.717, 1.165) is 37.7 Å². The van der Waals surface area contributed by atoms with Gasteiger partial charge in [0.1, 0.15) is 11.5 Å². The molecular formula is C18H27N5O2. The van der Waals surface area contributed by atoms with Crippen molar-refractivity contribution in [3.05, 3.63) is 35.8 Å². The first-order valence-electron chi connectivity index (χ1n) is 8.79. The Balaban J connectivity index is 1.58. The Morgan fingerprint density at radius 2 is 2.04 bits per heavy atom. The van der Waals surface area contributed by atoms with Crippen molar-refractivity contribution in [1.29, 1.82) is 0 Å². The molecule has 0 aromatic carbocycles. The van der Waals surface area contributed by atoms with Crippen molar-refractivity contribution in [2.75, 3.05) is 26.2 Å². The fourth-order valence-corrected chi connectivity index (χ4v) is 2.94. The molecule has 0 bridgehead atoms. The number of amides is 1. The normalized spacial score (nSPS) is 16.9. The first kappa shape index (κ1) is 17.7. The Labute approximate surface area is 148 Å². The molecule has 7 heteroatoms. The van der Waals surface area contributed by atoms with Gasteiger partial charge >= 0.3 is 0 Å². The number of hydrogen-bond acceptors (Lipinski definition) is 5. The minimum atomic E-state index is -0.0318. The number of aryl methyl sites for hydroxylation is 1. The summed E-state index contributed by atoms with van der Waals surface area (Å²) in [5.74, 6) is 1.66. The van der Waals surface area contributed by atoms with Crippen molar-refractivity contribution in [1.82, 2.24) is 24.6 Å². The number of oxazole rings is 1. The molecule has 1 aliphatic heterocycles. The minimum absolute atomic E-state index is 0.00796. The van der Waals surface area contributed by atoms with E-state index in [2.05, 4.69) is 35.8 Å². The van der Waals surface area contributed by atoms with E-state index >= 15 is 0 Å². The van der Waals surface area contributed by atoms with Crippen LogP contribution in [0, 0.1) is 0 Å². The predicted molar refractivity (Wildman–Crippen MR) is 94.2 cm³/mol. The molecule has 1 aliphatic rings. The monoisotopic (exact) mass is 345 g/mol. The standard InChI is InChI=1S/C18H27N5O2/c1-18(2,3)15-12-19-16(25-15)13-22-7-5-8-23(11-10-22)17(24)14-6-9-21(4)20-14/h6,9,12H,5,7-8,10-11,13H2,1-4H3. The maximum absolute atomic E-state index is 12.5. The van der Waals surface area contributed by atoms with Crippen molar-refractivity contribution in [2.24, 2.45) is 7.05 Å². The highest BCUT2D eigenvalue weighted by Crippen LogP contribution is 2.23. The number of carbonyl (C=O) groups excluding carboxylic acids is 1. The minimum Gasteiger partial charge on any atom is -0.444 e. The SMILES string of the molecule is Cn1ccc(C(=O)N2CCCN(Cc3ncc(C(C)(C)C)o3)CC2)n1. The van der Waals surface area contributed by atoms with Gasteiger partial charge in [0.2, 0.25) is 5.89 Å². The van der Waals surface area contributed by atoms with Gasteiger partial charge in [-0.2, -0.15) is 5.10 Å². The van der Waals surface area contributed by atoms with Crippen LogP contribution in [0.3, 0.4) is 0 Å². The van der Waals surface area contributed by atoms with Crippen LogP contribution in [0.15, 0.2) is 22.9 Å². The van der Waals surface area contributed by atoms with Crippen LogP contribution in [-0.4, -0.2) is 56.7 Å². The summed E-state index contributed by atoms with van der Waals surface area (Å²) >= 11 is 0. The van der Waals surface area contributed by atoms with Gasteiger partial charge in [-0.05, 0) is 12.5 Å². The molecule has 1 saturated heterocycles. The number of aromatic nitrogens is 3. The average molecular weight is 345 g/mol. The van der Waals surface area contributed by atoms with Crippen LogP contribution >= 0.6 is 0 Å². The zero-order valence-electron chi connectivity index (χ0n) is 15.5. The summed E-state index contributed by atoms with van der Waals surface area (Å²) < 4.78 is 7.55. The summed E-state index contributed by atoms with van der Waals surface area (Å²) in [5, 5.41) is 4.22. The lowest BCUT2D eigenvalue weighted by Gasteiger charge is -2.20. The molecular weight excluding hydrogens is 318 g/mol. The van der Waals surface area contributed by atoms with E-state index in [9.17, 15) is 4.79 Å². The highest BCUT2D eigenvalue weighted by Gasteiger charge is 2.24. The molecule has 0 atom stereocenters. The Kier molecular flexibility index (Phi) is 4.94. The van der Waals surface area contributed by atoms with Crippen LogP contribution in [0.25, 0.3) is 0 Å². The topological polar surface area (TPSA) is 67.4 Å².